The first kappa shape index (κ1) is 18.5. The van der Waals surface area contributed by atoms with Crippen LogP contribution in [-0.4, -0.2) is 67.3 Å². The Morgan fingerprint density at radius 3 is 2.72 bits per heavy atom. The van der Waals surface area contributed by atoms with Crippen LogP contribution in [0, 0.1) is 0 Å². The van der Waals surface area contributed by atoms with Gasteiger partial charge in [-0.25, -0.2) is 4.99 Å². The Balaban J connectivity index is 1.62. The van der Waals surface area contributed by atoms with Gasteiger partial charge in [-0.05, 0) is 24.7 Å². The van der Waals surface area contributed by atoms with E-state index in [-0.39, 0.29) is 5.54 Å². The molecule has 1 unspecified atom stereocenters. The molecule has 2 saturated heterocycles. The van der Waals surface area contributed by atoms with E-state index < -0.39 is 0 Å². The molecule has 138 valence electrons. The predicted molar refractivity (Wildman–Crippen MR) is 106 cm³/mol. The molecule has 1 aromatic carbocycles. The highest BCUT2D eigenvalue weighted by molar-refractivity contribution is 7.99. The second-order valence-corrected chi connectivity index (χ2v) is 7.77. The van der Waals surface area contributed by atoms with E-state index >= 15 is 0 Å². The molecule has 6 heteroatoms. The summed E-state index contributed by atoms with van der Waals surface area (Å²) in [4.78, 5) is 7.39. The first-order chi connectivity index (χ1) is 12.3. The molecule has 5 nitrogen and oxygen atoms in total. The lowest BCUT2D eigenvalue weighted by Crippen LogP contribution is -2.60. The summed E-state index contributed by atoms with van der Waals surface area (Å²) >= 11 is 2.07. The van der Waals surface area contributed by atoms with Crippen molar-refractivity contribution >= 4 is 17.7 Å². The van der Waals surface area contributed by atoms with Crippen LogP contribution in [0.15, 0.2) is 35.3 Å². The van der Waals surface area contributed by atoms with Gasteiger partial charge >= 0.3 is 0 Å². The number of benzene rings is 1. The molecule has 0 aliphatic carbocycles. The molecule has 2 fully saturated rings. The third-order valence-electron chi connectivity index (χ3n) is 4.96. The third-order valence-corrected chi connectivity index (χ3v) is 6.19. The fourth-order valence-electron chi connectivity index (χ4n) is 3.48. The zero-order valence-corrected chi connectivity index (χ0v) is 16.0. The maximum atomic E-state index is 5.55. The zero-order chi connectivity index (χ0) is 17.4. The number of hydrogen-bond donors (Lipinski definition) is 2. The van der Waals surface area contributed by atoms with Gasteiger partial charge in [-0.1, -0.05) is 30.3 Å². The van der Waals surface area contributed by atoms with Gasteiger partial charge in [-0.3, -0.25) is 4.90 Å². The van der Waals surface area contributed by atoms with Gasteiger partial charge in [-0.2, -0.15) is 11.8 Å². The highest BCUT2D eigenvalue weighted by atomic mass is 32.2. The second-order valence-electron chi connectivity index (χ2n) is 6.66. The van der Waals surface area contributed by atoms with Crippen LogP contribution in [0.4, 0.5) is 0 Å². The number of ether oxygens (including phenoxy) is 1. The van der Waals surface area contributed by atoms with Crippen molar-refractivity contribution in [3.8, 4) is 0 Å². The first-order valence-corrected chi connectivity index (χ1v) is 10.4. The number of guanidine groups is 1. The molecule has 2 heterocycles. The van der Waals surface area contributed by atoms with E-state index in [1.807, 2.05) is 6.07 Å². The van der Waals surface area contributed by atoms with E-state index in [0.29, 0.717) is 6.54 Å². The largest absolute Gasteiger partial charge is 0.379 e. The summed E-state index contributed by atoms with van der Waals surface area (Å²) in [6.07, 6.45) is 1.24. The molecule has 0 saturated carbocycles. The molecule has 3 rings (SSSR count). The molecule has 0 amide bonds. The number of nitrogens with one attached hydrogen (secondary N) is 2. The molecule has 0 bridgehead atoms. The first-order valence-electron chi connectivity index (χ1n) is 9.29. The highest BCUT2D eigenvalue weighted by Crippen LogP contribution is 2.33. The van der Waals surface area contributed by atoms with E-state index in [4.69, 9.17) is 9.73 Å². The van der Waals surface area contributed by atoms with Crippen molar-refractivity contribution in [2.24, 2.45) is 4.99 Å². The molecule has 25 heavy (non-hydrogen) atoms. The van der Waals surface area contributed by atoms with Crippen molar-refractivity contribution < 1.29 is 4.74 Å². The van der Waals surface area contributed by atoms with Gasteiger partial charge in [0.1, 0.15) is 0 Å². The Kier molecular flexibility index (Phi) is 7.02. The number of aliphatic imine (C=N–C) groups is 1. The van der Waals surface area contributed by atoms with Crippen molar-refractivity contribution in [3.05, 3.63) is 35.9 Å². The average molecular weight is 363 g/mol. The Labute approximate surface area is 155 Å². The maximum Gasteiger partial charge on any atom is 0.191 e. The molecule has 2 aliphatic heterocycles. The van der Waals surface area contributed by atoms with Crippen molar-refractivity contribution in [2.75, 3.05) is 50.9 Å². The molecule has 0 radical (unpaired) electrons. The van der Waals surface area contributed by atoms with E-state index in [9.17, 15) is 0 Å². The van der Waals surface area contributed by atoms with Gasteiger partial charge in [0.15, 0.2) is 5.96 Å². The SMILES string of the molecule is CCNC(=NCc1ccccc1)NCC1(N2CCOCC2)CCSC1. The maximum absolute atomic E-state index is 5.55. The van der Waals surface area contributed by atoms with Gasteiger partial charge in [-0.15, -0.1) is 0 Å². The van der Waals surface area contributed by atoms with Crippen molar-refractivity contribution in [1.29, 1.82) is 0 Å². The second kappa shape index (κ2) is 9.46. The Bertz CT molecular complexity index is 540. The van der Waals surface area contributed by atoms with E-state index in [2.05, 4.69) is 58.5 Å². The van der Waals surface area contributed by atoms with Crippen LogP contribution in [0.1, 0.15) is 18.9 Å². The van der Waals surface area contributed by atoms with Gasteiger partial charge in [0.05, 0.1) is 19.8 Å². The molecular weight excluding hydrogens is 332 g/mol. The number of rotatable bonds is 6. The standard InChI is InChI=1S/C19H30N4OS/c1-2-20-18(21-14-17-6-4-3-5-7-17)22-15-19(8-13-25-16-19)23-9-11-24-12-10-23/h3-7H,2,8-16H2,1H3,(H2,20,21,22). The van der Waals surface area contributed by atoms with Crippen LogP contribution in [-0.2, 0) is 11.3 Å². The average Bonchev–Trinajstić information content (AvgIpc) is 3.16. The lowest BCUT2D eigenvalue weighted by Gasteiger charge is -2.43. The smallest absolute Gasteiger partial charge is 0.191 e. The van der Waals surface area contributed by atoms with Crippen molar-refractivity contribution in [3.63, 3.8) is 0 Å². The van der Waals surface area contributed by atoms with Crippen LogP contribution in [0.25, 0.3) is 0 Å². The molecule has 0 spiro atoms. The predicted octanol–water partition coefficient (Wildman–Crippen LogP) is 1.95. The molecular formula is C19H30N4OS. The van der Waals surface area contributed by atoms with E-state index in [1.165, 1.54) is 23.5 Å². The zero-order valence-electron chi connectivity index (χ0n) is 15.2. The Morgan fingerprint density at radius 2 is 2.04 bits per heavy atom. The van der Waals surface area contributed by atoms with Crippen LogP contribution < -0.4 is 10.6 Å². The monoisotopic (exact) mass is 362 g/mol. The van der Waals surface area contributed by atoms with Crippen molar-refractivity contribution in [1.82, 2.24) is 15.5 Å². The van der Waals surface area contributed by atoms with Crippen LogP contribution in [0.3, 0.4) is 0 Å². The summed E-state index contributed by atoms with van der Waals surface area (Å²) in [7, 11) is 0. The summed E-state index contributed by atoms with van der Waals surface area (Å²) in [6, 6.07) is 10.4. The summed E-state index contributed by atoms with van der Waals surface area (Å²) in [5.74, 6) is 3.35. The third kappa shape index (κ3) is 5.12. The highest BCUT2D eigenvalue weighted by Gasteiger charge is 2.40. The van der Waals surface area contributed by atoms with Gasteiger partial charge in [0.25, 0.3) is 0 Å². The van der Waals surface area contributed by atoms with Gasteiger partial charge in [0, 0.05) is 37.5 Å². The summed E-state index contributed by atoms with van der Waals surface area (Å²) in [5.41, 5.74) is 1.47. The minimum Gasteiger partial charge on any atom is -0.379 e. The minimum atomic E-state index is 0.234. The Hall–Kier alpha value is -1.24. The van der Waals surface area contributed by atoms with Crippen LogP contribution >= 0.6 is 11.8 Å². The number of hydrogen-bond acceptors (Lipinski definition) is 4. The van der Waals surface area contributed by atoms with Gasteiger partial charge < -0.3 is 15.4 Å². The topological polar surface area (TPSA) is 48.9 Å². The molecule has 2 aliphatic rings. The minimum absolute atomic E-state index is 0.234. The quantitative estimate of drug-likeness (QED) is 0.598. The lowest BCUT2D eigenvalue weighted by molar-refractivity contribution is -0.0120. The summed E-state index contributed by atoms with van der Waals surface area (Å²) < 4.78 is 5.55. The molecule has 2 N–H and O–H groups in total. The van der Waals surface area contributed by atoms with E-state index in [0.717, 1.165) is 45.4 Å². The number of nitrogens with zero attached hydrogens (tertiary/aromatic N) is 2. The number of morpholine rings is 1. The molecule has 0 aromatic heterocycles. The van der Waals surface area contributed by atoms with Gasteiger partial charge in [0.2, 0.25) is 0 Å². The molecule has 1 atom stereocenters. The normalized spacial score (nSPS) is 25.1. The fourth-order valence-corrected chi connectivity index (χ4v) is 4.96. The summed E-state index contributed by atoms with van der Waals surface area (Å²) in [6.45, 7) is 8.43. The molecule has 1 aromatic rings. The van der Waals surface area contributed by atoms with Crippen molar-refractivity contribution in [2.45, 2.75) is 25.4 Å². The fraction of sp³-hybridized carbons (Fsp3) is 0.632. The lowest BCUT2D eigenvalue weighted by atomic mass is 9.95. The van der Waals surface area contributed by atoms with Crippen LogP contribution in [0.2, 0.25) is 0 Å². The van der Waals surface area contributed by atoms with Crippen LogP contribution in [0.5, 0.6) is 0 Å². The van der Waals surface area contributed by atoms with E-state index in [1.54, 1.807) is 0 Å². The number of thioether (sulfide) groups is 1. The summed E-state index contributed by atoms with van der Waals surface area (Å²) in [5, 5.41) is 7.00. The Morgan fingerprint density at radius 1 is 1.24 bits per heavy atom.